The predicted octanol–water partition coefficient (Wildman–Crippen LogP) is 8.28. The number of hydrogen-bond acceptors (Lipinski definition) is 4. The number of fused-ring (bicyclic) bond motifs is 1. The molecule has 0 bridgehead atoms. The number of rotatable bonds is 7. The van der Waals surface area contributed by atoms with Crippen LogP contribution in [0, 0.1) is 6.92 Å². The smallest absolute Gasteiger partial charge is 0.259 e. The maximum atomic E-state index is 13.4. The van der Waals surface area contributed by atoms with Crippen molar-refractivity contribution in [1.29, 1.82) is 0 Å². The fourth-order valence-electron chi connectivity index (χ4n) is 4.32. The molecule has 0 unspecified atom stereocenters. The molecule has 1 amide bonds. The normalized spacial score (nSPS) is 12.9. The van der Waals surface area contributed by atoms with Crippen LogP contribution in [0.2, 0.25) is 0 Å². The van der Waals surface area contributed by atoms with Gasteiger partial charge in [0.15, 0.2) is 0 Å². The fraction of sp³-hybridized carbons (Fsp3) is 0.200. The molecule has 1 N–H and O–H groups in total. The topological polar surface area (TPSA) is 50.7 Å². The lowest BCUT2D eigenvalue weighted by Gasteiger charge is -2.13. The highest BCUT2D eigenvalue weighted by molar-refractivity contribution is 9.10. The molecule has 1 aromatic heterocycles. The van der Waals surface area contributed by atoms with Crippen LogP contribution in [0.15, 0.2) is 82.3 Å². The number of benzene rings is 3. The fourth-order valence-corrected chi connectivity index (χ4v) is 5.93. The maximum Gasteiger partial charge on any atom is 0.259 e. The van der Waals surface area contributed by atoms with Gasteiger partial charge < -0.3 is 10.1 Å². The molecule has 4 nitrogen and oxygen atoms in total. The van der Waals surface area contributed by atoms with Crippen LogP contribution in [0.25, 0.3) is 0 Å². The van der Waals surface area contributed by atoms with E-state index in [-0.39, 0.29) is 5.91 Å². The van der Waals surface area contributed by atoms with Crippen LogP contribution in [-0.2, 0) is 19.4 Å². The Hall–Kier alpha value is -3.22. The summed E-state index contributed by atoms with van der Waals surface area (Å²) >= 11 is 5.20. The van der Waals surface area contributed by atoms with Gasteiger partial charge in [-0.15, -0.1) is 11.3 Å². The molecule has 0 aliphatic heterocycles. The highest BCUT2D eigenvalue weighted by Gasteiger charge is 2.25. The first kappa shape index (κ1) is 24.5. The minimum absolute atomic E-state index is 0.0992. The molecule has 182 valence electrons. The highest BCUT2D eigenvalue weighted by Crippen LogP contribution is 2.40. The second-order valence-electron chi connectivity index (χ2n) is 8.93. The Balaban J connectivity index is 1.43. The van der Waals surface area contributed by atoms with Gasteiger partial charge in [0.05, 0.1) is 5.56 Å². The minimum Gasteiger partial charge on any atom is -0.488 e. The third kappa shape index (κ3) is 5.77. The summed E-state index contributed by atoms with van der Waals surface area (Å²) in [4.78, 5) is 19.5. The average molecular weight is 560 g/mol. The lowest BCUT2D eigenvalue weighted by atomic mass is 9.95. The molecule has 6 heteroatoms. The SMILES string of the molecule is Cc1ccc(COc2ccc(Br)cc2C=Nc2sc3c(c2C(=O)Nc2ccccc2)CCCC3)cc1. The summed E-state index contributed by atoms with van der Waals surface area (Å²) in [7, 11) is 0. The molecular formula is C30H27BrN2O2S. The summed E-state index contributed by atoms with van der Waals surface area (Å²) in [5.74, 6) is 0.650. The van der Waals surface area contributed by atoms with Gasteiger partial charge in [0.25, 0.3) is 5.91 Å². The number of aliphatic imine (C=N–C) groups is 1. The van der Waals surface area contributed by atoms with E-state index in [9.17, 15) is 4.79 Å². The molecule has 36 heavy (non-hydrogen) atoms. The minimum atomic E-state index is -0.0992. The Kier molecular flexibility index (Phi) is 7.63. The first-order valence-corrected chi connectivity index (χ1v) is 13.7. The molecule has 1 aliphatic rings. The molecule has 3 aromatic carbocycles. The van der Waals surface area contributed by atoms with Crippen molar-refractivity contribution >= 4 is 50.1 Å². The average Bonchev–Trinajstić information content (AvgIpc) is 3.27. The number of para-hydroxylation sites is 1. The summed E-state index contributed by atoms with van der Waals surface area (Å²) in [6, 6.07) is 23.8. The third-order valence-electron chi connectivity index (χ3n) is 6.22. The first-order chi connectivity index (χ1) is 17.6. The maximum absolute atomic E-state index is 13.4. The van der Waals surface area contributed by atoms with Gasteiger partial charge in [-0.2, -0.15) is 0 Å². The number of carbonyl (C=O) groups is 1. The summed E-state index contributed by atoms with van der Waals surface area (Å²) in [5.41, 5.74) is 5.83. The molecule has 0 fully saturated rings. The van der Waals surface area contributed by atoms with Crippen molar-refractivity contribution < 1.29 is 9.53 Å². The molecular weight excluding hydrogens is 532 g/mol. The van der Waals surface area contributed by atoms with Crippen molar-refractivity contribution in [1.82, 2.24) is 0 Å². The van der Waals surface area contributed by atoms with E-state index in [1.807, 2.05) is 54.7 Å². The van der Waals surface area contributed by atoms with Crippen LogP contribution < -0.4 is 10.1 Å². The van der Waals surface area contributed by atoms with Gasteiger partial charge in [-0.05, 0) is 74.1 Å². The predicted molar refractivity (Wildman–Crippen MR) is 152 cm³/mol. The third-order valence-corrected chi connectivity index (χ3v) is 7.91. The number of halogens is 1. The van der Waals surface area contributed by atoms with Crippen LogP contribution in [0.5, 0.6) is 5.75 Å². The molecule has 0 atom stereocenters. The molecule has 0 saturated carbocycles. The van der Waals surface area contributed by atoms with Gasteiger partial charge in [-0.1, -0.05) is 64.0 Å². The quantitative estimate of drug-likeness (QED) is 0.232. The number of nitrogens with zero attached hydrogens (tertiary/aromatic N) is 1. The van der Waals surface area contributed by atoms with E-state index in [1.54, 1.807) is 11.3 Å². The van der Waals surface area contributed by atoms with E-state index in [0.717, 1.165) is 63.3 Å². The molecule has 1 heterocycles. The van der Waals surface area contributed by atoms with Gasteiger partial charge in [0.1, 0.15) is 17.4 Å². The Morgan fingerprint density at radius 2 is 1.83 bits per heavy atom. The van der Waals surface area contributed by atoms with Gasteiger partial charge >= 0.3 is 0 Å². The summed E-state index contributed by atoms with van der Waals surface area (Å²) in [6.45, 7) is 2.55. The van der Waals surface area contributed by atoms with Crippen molar-refractivity contribution in [2.45, 2.75) is 39.2 Å². The van der Waals surface area contributed by atoms with Crippen molar-refractivity contribution in [2.24, 2.45) is 4.99 Å². The van der Waals surface area contributed by atoms with E-state index in [0.29, 0.717) is 12.2 Å². The second-order valence-corrected chi connectivity index (χ2v) is 10.9. The Morgan fingerprint density at radius 3 is 2.64 bits per heavy atom. The number of ether oxygens (including phenoxy) is 1. The van der Waals surface area contributed by atoms with Gasteiger partial charge in [-0.3, -0.25) is 4.79 Å². The van der Waals surface area contributed by atoms with Crippen molar-refractivity contribution in [3.63, 3.8) is 0 Å². The summed E-state index contributed by atoms with van der Waals surface area (Å²) in [5, 5.41) is 3.81. The highest BCUT2D eigenvalue weighted by atomic mass is 79.9. The lowest BCUT2D eigenvalue weighted by Crippen LogP contribution is -2.14. The number of amides is 1. The second kappa shape index (κ2) is 11.2. The van der Waals surface area contributed by atoms with Crippen molar-refractivity contribution in [3.8, 4) is 5.75 Å². The zero-order valence-electron chi connectivity index (χ0n) is 20.1. The zero-order valence-corrected chi connectivity index (χ0v) is 22.5. The van der Waals surface area contributed by atoms with Crippen LogP contribution in [-0.4, -0.2) is 12.1 Å². The molecule has 0 radical (unpaired) electrons. The van der Waals surface area contributed by atoms with E-state index >= 15 is 0 Å². The first-order valence-electron chi connectivity index (χ1n) is 12.1. The number of aryl methyl sites for hydroxylation is 2. The standard InChI is InChI=1S/C30H27BrN2O2S/c1-20-11-13-21(14-12-20)19-35-26-16-15-23(31)17-22(26)18-32-30-28(25-9-5-6-10-27(25)36-30)29(34)33-24-7-3-2-4-8-24/h2-4,7-8,11-18H,5-6,9-10,19H2,1H3,(H,33,34). The zero-order chi connectivity index (χ0) is 24.9. The van der Waals surface area contributed by atoms with Gasteiger partial charge in [-0.25, -0.2) is 4.99 Å². The molecule has 0 saturated heterocycles. The largest absolute Gasteiger partial charge is 0.488 e. The van der Waals surface area contributed by atoms with Crippen molar-refractivity contribution in [3.05, 3.63) is 110 Å². The summed E-state index contributed by atoms with van der Waals surface area (Å²) in [6.07, 6.45) is 5.98. The van der Waals surface area contributed by atoms with Gasteiger partial charge in [0.2, 0.25) is 0 Å². The van der Waals surface area contributed by atoms with Crippen molar-refractivity contribution in [2.75, 3.05) is 5.32 Å². The number of hydrogen-bond donors (Lipinski definition) is 1. The number of anilines is 1. The van der Waals surface area contributed by atoms with Crippen LogP contribution >= 0.6 is 27.3 Å². The lowest BCUT2D eigenvalue weighted by molar-refractivity contribution is 0.102. The Morgan fingerprint density at radius 1 is 1.06 bits per heavy atom. The van der Waals surface area contributed by atoms with Crippen LogP contribution in [0.3, 0.4) is 0 Å². The van der Waals surface area contributed by atoms with Crippen LogP contribution in [0.1, 0.15) is 50.3 Å². The number of carbonyl (C=O) groups excluding carboxylic acids is 1. The van der Waals surface area contributed by atoms with E-state index in [2.05, 4.69) is 52.4 Å². The Labute approximate surface area is 224 Å². The van der Waals surface area contributed by atoms with E-state index in [4.69, 9.17) is 9.73 Å². The molecule has 4 aromatic rings. The molecule has 0 spiro atoms. The summed E-state index contributed by atoms with van der Waals surface area (Å²) < 4.78 is 7.10. The van der Waals surface area contributed by atoms with Crippen LogP contribution in [0.4, 0.5) is 10.7 Å². The van der Waals surface area contributed by atoms with E-state index < -0.39 is 0 Å². The van der Waals surface area contributed by atoms with Gasteiger partial charge in [0, 0.05) is 26.8 Å². The van der Waals surface area contributed by atoms with E-state index in [1.165, 1.54) is 10.4 Å². The Bertz CT molecular complexity index is 1390. The number of nitrogens with one attached hydrogen (secondary N) is 1. The molecule has 1 aliphatic carbocycles. The molecule has 5 rings (SSSR count). The monoisotopic (exact) mass is 558 g/mol. The number of thiophene rings is 1.